The number of hydrogen-bond donors (Lipinski definition) is 2. The van der Waals surface area contributed by atoms with E-state index in [1.54, 1.807) is 6.07 Å². The quantitative estimate of drug-likeness (QED) is 0.568. The van der Waals surface area contributed by atoms with Crippen LogP contribution in [0.2, 0.25) is 0 Å². The number of nitrogens with one attached hydrogen (secondary N) is 2. The van der Waals surface area contributed by atoms with Gasteiger partial charge in [-0.1, -0.05) is 42.5 Å². The summed E-state index contributed by atoms with van der Waals surface area (Å²) >= 11 is 0. The first kappa shape index (κ1) is 22.4. The zero-order valence-electron chi connectivity index (χ0n) is 19.3. The number of hydrogen-bond acceptors (Lipinski definition) is 4. The molecule has 3 aromatic rings. The molecule has 1 heterocycles. The summed E-state index contributed by atoms with van der Waals surface area (Å²) in [6, 6.07) is 24.0. The Morgan fingerprint density at radius 1 is 0.970 bits per heavy atom. The lowest BCUT2D eigenvalue weighted by molar-refractivity contribution is -0.136. The van der Waals surface area contributed by atoms with Crippen LogP contribution in [0.25, 0.3) is 0 Å². The molecule has 1 aliphatic heterocycles. The summed E-state index contributed by atoms with van der Waals surface area (Å²) < 4.78 is 0. The molecule has 0 bridgehead atoms. The SMILES string of the molecule is Cc1cccc(NC(=O)C(=O)NC[C@H](c2ccc(N(C)C)cc2)N2CCc3ccccc32)c1. The van der Waals surface area contributed by atoms with E-state index in [4.69, 9.17) is 0 Å². The van der Waals surface area contributed by atoms with Crippen LogP contribution in [-0.2, 0) is 16.0 Å². The Hall–Kier alpha value is -3.80. The normalized spacial score (nSPS) is 13.2. The summed E-state index contributed by atoms with van der Waals surface area (Å²) in [5.41, 5.74) is 6.31. The molecule has 0 saturated carbocycles. The minimum absolute atomic E-state index is 0.0828. The molecule has 1 aliphatic rings. The molecular weight excluding hydrogens is 412 g/mol. The van der Waals surface area contributed by atoms with Gasteiger partial charge in [-0.3, -0.25) is 9.59 Å². The Bertz CT molecular complexity index is 1140. The Morgan fingerprint density at radius 3 is 2.45 bits per heavy atom. The van der Waals surface area contributed by atoms with E-state index in [1.165, 1.54) is 11.3 Å². The number of rotatable bonds is 6. The molecule has 0 aromatic heterocycles. The highest BCUT2D eigenvalue weighted by atomic mass is 16.2. The number of fused-ring (bicyclic) bond motifs is 1. The van der Waals surface area contributed by atoms with Crippen LogP contribution >= 0.6 is 0 Å². The van der Waals surface area contributed by atoms with Crippen molar-refractivity contribution in [3.8, 4) is 0 Å². The summed E-state index contributed by atoms with van der Waals surface area (Å²) in [6.07, 6.45) is 0.963. The Morgan fingerprint density at radius 2 is 1.73 bits per heavy atom. The Kier molecular flexibility index (Phi) is 6.63. The molecule has 2 N–H and O–H groups in total. The fourth-order valence-corrected chi connectivity index (χ4v) is 4.27. The van der Waals surface area contributed by atoms with Crippen LogP contribution in [0.4, 0.5) is 17.1 Å². The highest BCUT2D eigenvalue weighted by Crippen LogP contribution is 2.35. The van der Waals surface area contributed by atoms with E-state index in [0.29, 0.717) is 12.2 Å². The van der Waals surface area contributed by atoms with Gasteiger partial charge in [-0.25, -0.2) is 0 Å². The maximum Gasteiger partial charge on any atom is 0.313 e. The average Bonchev–Trinajstić information content (AvgIpc) is 3.23. The molecule has 0 fully saturated rings. The van der Waals surface area contributed by atoms with Gasteiger partial charge in [0, 0.05) is 44.2 Å². The van der Waals surface area contributed by atoms with Gasteiger partial charge in [0.05, 0.1) is 6.04 Å². The smallest absolute Gasteiger partial charge is 0.313 e. The second kappa shape index (κ2) is 9.77. The van der Waals surface area contributed by atoms with Gasteiger partial charge in [-0.05, 0) is 60.4 Å². The van der Waals surface area contributed by atoms with E-state index in [1.807, 2.05) is 45.3 Å². The molecule has 0 aliphatic carbocycles. The van der Waals surface area contributed by atoms with E-state index in [0.717, 1.165) is 29.8 Å². The monoisotopic (exact) mass is 442 g/mol. The fourth-order valence-electron chi connectivity index (χ4n) is 4.27. The van der Waals surface area contributed by atoms with E-state index < -0.39 is 11.8 Å². The van der Waals surface area contributed by atoms with Crippen LogP contribution in [0.3, 0.4) is 0 Å². The van der Waals surface area contributed by atoms with Crippen molar-refractivity contribution >= 4 is 28.9 Å². The molecule has 0 radical (unpaired) electrons. The first-order valence-electron chi connectivity index (χ1n) is 11.2. The number of aryl methyl sites for hydroxylation is 1. The van der Waals surface area contributed by atoms with Gasteiger partial charge in [0.1, 0.15) is 0 Å². The molecule has 170 valence electrons. The topological polar surface area (TPSA) is 64.7 Å². The van der Waals surface area contributed by atoms with Crippen molar-refractivity contribution in [2.24, 2.45) is 0 Å². The van der Waals surface area contributed by atoms with Crippen LogP contribution in [-0.4, -0.2) is 39.0 Å². The zero-order chi connectivity index (χ0) is 23.4. The highest BCUT2D eigenvalue weighted by molar-refractivity contribution is 6.39. The molecule has 6 nitrogen and oxygen atoms in total. The van der Waals surface area contributed by atoms with Gasteiger partial charge in [0.25, 0.3) is 0 Å². The lowest BCUT2D eigenvalue weighted by atomic mass is 10.0. The van der Waals surface area contributed by atoms with Crippen LogP contribution in [0.1, 0.15) is 22.7 Å². The molecule has 1 atom stereocenters. The van der Waals surface area contributed by atoms with Gasteiger partial charge in [0.2, 0.25) is 0 Å². The first-order valence-corrected chi connectivity index (χ1v) is 11.2. The van der Waals surface area contributed by atoms with Crippen LogP contribution in [0.15, 0.2) is 72.8 Å². The maximum atomic E-state index is 12.6. The van der Waals surface area contributed by atoms with Crippen LogP contribution in [0, 0.1) is 6.92 Å². The van der Waals surface area contributed by atoms with Crippen molar-refractivity contribution in [2.45, 2.75) is 19.4 Å². The average molecular weight is 443 g/mol. The maximum absolute atomic E-state index is 12.6. The standard InChI is InChI=1S/C27H30N4O2/c1-19-7-6-9-22(17-19)29-27(33)26(32)28-18-25(21-11-13-23(14-12-21)30(2)3)31-16-15-20-8-4-5-10-24(20)31/h4-14,17,25H,15-16,18H2,1-3H3,(H,28,32)(H,29,33)/t25-/m1/s1. The van der Waals surface area contributed by atoms with Gasteiger partial charge >= 0.3 is 11.8 Å². The van der Waals surface area contributed by atoms with Gasteiger partial charge in [0.15, 0.2) is 0 Å². The Balaban J connectivity index is 1.51. The number of nitrogens with zero attached hydrogens (tertiary/aromatic N) is 2. The third-order valence-corrected chi connectivity index (χ3v) is 6.03. The summed E-state index contributed by atoms with van der Waals surface area (Å²) in [5, 5.41) is 5.54. The van der Waals surface area contributed by atoms with Gasteiger partial charge in [-0.2, -0.15) is 0 Å². The summed E-state index contributed by atoms with van der Waals surface area (Å²) in [4.78, 5) is 29.5. The molecule has 4 rings (SSSR count). The Labute approximate surface area is 195 Å². The predicted octanol–water partition coefficient (Wildman–Crippen LogP) is 3.92. The van der Waals surface area contributed by atoms with E-state index in [9.17, 15) is 9.59 Å². The number of benzene rings is 3. The molecule has 2 amide bonds. The molecule has 33 heavy (non-hydrogen) atoms. The number of anilines is 3. The third-order valence-electron chi connectivity index (χ3n) is 6.03. The van der Waals surface area contributed by atoms with E-state index in [-0.39, 0.29) is 6.04 Å². The summed E-state index contributed by atoms with van der Waals surface area (Å²) in [5.74, 6) is -1.30. The third kappa shape index (κ3) is 5.17. The summed E-state index contributed by atoms with van der Waals surface area (Å²) in [6.45, 7) is 3.14. The molecule has 0 unspecified atom stereocenters. The number of amides is 2. The zero-order valence-corrected chi connectivity index (χ0v) is 19.3. The summed E-state index contributed by atoms with van der Waals surface area (Å²) in [7, 11) is 4.02. The van der Waals surface area contributed by atoms with Gasteiger partial charge < -0.3 is 20.4 Å². The van der Waals surface area contributed by atoms with Crippen molar-refractivity contribution in [2.75, 3.05) is 42.3 Å². The van der Waals surface area contributed by atoms with Crippen molar-refractivity contribution in [3.63, 3.8) is 0 Å². The van der Waals surface area contributed by atoms with Crippen LogP contribution in [0.5, 0.6) is 0 Å². The lowest BCUT2D eigenvalue weighted by Crippen LogP contribution is -2.41. The molecule has 6 heteroatoms. The van der Waals surface area contributed by atoms with Crippen molar-refractivity contribution in [1.82, 2.24) is 5.32 Å². The van der Waals surface area contributed by atoms with Crippen molar-refractivity contribution in [1.29, 1.82) is 0 Å². The minimum atomic E-state index is -0.663. The second-order valence-electron chi connectivity index (χ2n) is 8.61. The van der Waals surface area contributed by atoms with Crippen molar-refractivity contribution in [3.05, 3.63) is 89.5 Å². The van der Waals surface area contributed by atoms with E-state index in [2.05, 4.69) is 62.9 Å². The minimum Gasteiger partial charge on any atom is -0.378 e. The second-order valence-corrected chi connectivity index (χ2v) is 8.61. The molecule has 0 spiro atoms. The number of carbonyl (C=O) groups excluding carboxylic acids is 2. The molecular formula is C27H30N4O2. The van der Waals surface area contributed by atoms with Crippen molar-refractivity contribution < 1.29 is 9.59 Å². The molecule has 3 aromatic carbocycles. The predicted molar refractivity (Wildman–Crippen MR) is 134 cm³/mol. The van der Waals surface area contributed by atoms with E-state index >= 15 is 0 Å². The number of para-hydroxylation sites is 1. The number of carbonyl (C=O) groups is 2. The lowest BCUT2D eigenvalue weighted by Gasteiger charge is -2.31. The highest BCUT2D eigenvalue weighted by Gasteiger charge is 2.28. The first-order chi connectivity index (χ1) is 15.9. The molecule has 0 saturated heterocycles. The fraction of sp³-hybridized carbons (Fsp3) is 0.259. The largest absolute Gasteiger partial charge is 0.378 e. The van der Waals surface area contributed by atoms with Gasteiger partial charge in [-0.15, -0.1) is 0 Å². The van der Waals surface area contributed by atoms with Crippen LogP contribution < -0.4 is 20.4 Å².